The lowest BCUT2D eigenvalue weighted by molar-refractivity contribution is -0.113. The number of hydrogen-bond acceptors (Lipinski definition) is 7. The Balaban J connectivity index is 1.36. The van der Waals surface area contributed by atoms with E-state index in [2.05, 4.69) is 31.0 Å². The summed E-state index contributed by atoms with van der Waals surface area (Å²) in [4.78, 5) is 12.7. The number of aryl methyl sites for hydroxylation is 1. The zero-order valence-corrected chi connectivity index (χ0v) is 19.4. The van der Waals surface area contributed by atoms with E-state index in [0.717, 1.165) is 11.3 Å². The molecule has 2 heterocycles. The van der Waals surface area contributed by atoms with Crippen molar-refractivity contribution in [3.63, 3.8) is 0 Å². The fourth-order valence-corrected chi connectivity index (χ4v) is 4.28. The molecule has 0 atom stereocenters. The number of tetrazole rings is 1. The summed E-state index contributed by atoms with van der Waals surface area (Å²) < 4.78 is 17.8. The van der Waals surface area contributed by atoms with Crippen molar-refractivity contribution in [3.8, 4) is 28.5 Å². The second-order valence-electron chi connectivity index (χ2n) is 7.50. The predicted molar refractivity (Wildman–Crippen MR) is 130 cm³/mol. The van der Waals surface area contributed by atoms with Crippen LogP contribution in [0.3, 0.4) is 0 Å². The second kappa shape index (κ2) is 9.85. The number of aromatic nitrogens is 7. The summed E-state index contributed by atoms with van der Waals surface area (Å²) in [5, 5.41) is 23.3. The van der Waals surface area contributed by atoms with Crippen molar-refractivity contribution in [2.24, 2.45) is 7.05 Å². The Morgan fingerprint density at radius 2 is 1.74 bits per heavy atom. The van der Waals surface area contributed by atoms with Gasteiger partial charge in [-0.05, 0) is 46.8 Å². The molecule has 0 saturated carbocycles. The number of benzene rings is 3. The van der Waals surface area contributed by atoms with Crippen molar-refractivity contribution in [2.75, 3.05) is 11.1 Å². The number of amides is 1. The highest BCUT2D eigenvalue weighted by Gasteiger charge is 2.19. The normalized spacial score (nSPS) is 10.9. The molecular weight excluding hydrogens is 467 g/mol. The SMILES string of the molecule is Cn1nnnc1-c1cccc(NC(=O)CSc2nnc(-c3ccccc3F)n2-c2ccccc2)c1. The van der Waals surface area contributed by atoms with Gasteiger partial charge in [0.1, 0.15) is 5.82 Å². The van der Waals surface area contributed by atoms with Gasteiger partial charge in [0, 0.05) is 24.0 Å². The molecule has 1 N–H and O–H groups in total. The average molecular weight is 487 g/mol. The third-order valence-corrected chi connectivity index (χ3v) is 6.05. The van der Waals surface area contributed by atoms with Crippen LogP contribution >= 0.6 is 11.8 Å². The van der Waals surface area contributed by atoms with Crippen LogP contribution in [0.4, 0.5) is 10.1 Å². The van der Waals surface area contributed by atoms with E-state index >= 15 is 0 Å². The maximum Gasteiger partial charge on any atom is 0.234 e. The molecule has 0 aliphatic heterocycles. The fraction of sp³-hybridized carbons (Fsp3) is 0.0833. The van der Waals surface area contributed by atoms with Crippen molar-refractivity contribution in [1.29, 1.82) is 0 Å². The Bertz CT molecular complexity index is 1480. The van der Waals surface area contributed by atoms with E-state index in [1.165, 1.54) is 17.8 Å². The maximum absolute atomic E-state index is 14.5. The highest BCUT2D eigenvalue weighted by Crippen LogP contribution is 2.29. The summed E-state index contributed by atoms with van der Waals surface area (Å²) in [7, 11) is 1.75. The monoisotopic (exact) mass is 486 g/mol. The summed E-state index contributed by atoms with van der Waals surface area (Å²) in [6.45, 7) is 0. The van der Waals surface area contributed by atoms with Gasteiger partial charge in [-0.25, -0.2) is 9.07 Å². The van der Waals surface area contributed by atoms with Gasteiger partial charge in [0.25, 0.3) is 0 Å². The molecule has 0 radical (unpaired) electrons. The van der Waals surface area contributed by atoms with Gasteiger partial charge < -0.3 is 5.32 Å². The van der Waals surface area contributed by atoms with Gasteiger partial charge in [-0.1, -0.05) is 54.2 Å². The fourth-order valence-electron chi connectivity index (χ4n) is 3.53. The number of rotatable bonds is 7. The van der Waals surface area contributed by atoms with Gasteiger partial charge in [-0.2, -0.15) is 0 Å². The third kappa shape index (κ3) is 4.80. The second-order valence-corrected chi connectivity index (χ2v) is 8.44. The minimum absolute atomic E-state index is 0.0813. The van der Waals surface area contributed by atoms with Crippen molar-refractivity contribution >= 4 is 23.4 Å². The number of nitrogens with one attached hydrogen (secondary N) is 1. The smallest absolute Gasteiger partial charge is 0.234 e. The molecule has 0 fully saturated rings. The first kappa shape index (κ1) is 22.4. The molecule has 0 bridgehead atoms. The van der Waals surface area contributed by atoms with E-state index in [9.17, 15) is 9.18 Å². The summed E-state index contributed by atoms with van der Waals surface area (Å²) >= 11 is 1.21. The zero-order chi connectivity index (χ0) is 24.2. The van der Waals surface area contributed by atoms with E-state index in [1.807, 2.05) is 42.5 Å². The van der Waals surface area contributed by atoms with Crippen molar-refractivity contribution in [1.82, 2.24) is 35.0 Å². The molecule has 3 aromatic carbocycles. The summed E-state index contributed by atoms with van der Waals surface area (Å²) in [5.41, 5.74) is 2.49. The molecule has 11 heteroatoms. The number of carbonyl (C=O) groups excluding carboxylic acids is 1. The van der Waals surface area contributed by atoms with Crippen LogP contribution in [0.5, 0.6) is 0 Å². The highest BCUT2D eigenvalue weighted by molar-refractivity contribution is 7.99. The van der Waals surface area contributed by atoms with Crippen LogP contribution in [0.15, 0.2) is 84.0 Å². The molecule has 0 aliphatic carbocycles. The molecule has 35 heavy (non-hydrogen) atoms. The van der Waals surface area contributed by atoms with Crippen molar-refractivity contribution in [3.05, 3.63) is 84.7 Å². The number of anilines is 1. The summed E-state index contributed by atoms with van der Waals surface area (Å²) in [5.74, 6) is 0.412. The van der Waals surface area contributed by atoms with E-state index in [4.69, 9.17) is 0 Å². The highest BCUT2D eigenvalue weighted by atomic mass is 32.2. The summed E-state index contributed by atoms with van der Waals surface area (Å²) in [6, 6.07) is 23.1. The van der Waals surface area contributed by atoms with E-state index in [1.54, 1.807) is 46.6 Å². The van der Waals surface area contributed by atoms with Crippen LogP contribution in [0.2, 0.25) is 0 Å². The number of nitrogens with zero attached hydrogens (tertiary/aromatic N) is 7. The van der Waals surface area contributed by atoms with Crippen LogP contribution in [-0.2, 0) is 11.8 Å². The molecule has 1 amide bonds. The lowest BCUT2D eigenvalue weighted by Crippen LogP contribution is -2.14. The standard InChI is InChI=1S/C24H19FN8OS/c1-32-22(28-30-31-32)16-8-7-9-17(14-16)26-21(34)15-35-24-29-27-23(19-12-5-6-13-20(19)25)33(24)18-10-3-2-4-11-18/h2-14H,15H2,1H3,(H,26,34). The van der Waals surface area contributed by atoms with Crippen molar-refractivity contribution < 1.29 is 9.18 Å². The summed E-state index contributed by atoms with van der Waals surface area (Å²) in [6.07, 6.45) is 0. The zero-order valence-electron chi connectivity index (χ0n) is 18.5. The van der Waals surface area contributed by atoms with Crippen LogP contribution in [0, 0.1) is 5.82 Å². The predicted octanol–water partition coefficient (Wildman–Crippen LogP) is 3.99. The molecule has 0 spiro atoms. The van der Waals surface area contributed by atoms with Crippen LogP contribution in [-0.4, -0.2) is 46.6 Å². The molecule has 0 unspecified atom stereocenters. The van der Waals surface area contributed by atoms with Gasteiger partial charge in [0.05, 0.1) is 11.3 Å². The minimum Gasteiger partial charge on any atom is -0.325 e. The number of carbonyl (C=O) groups is 1. The quantitative estimate of drug-likeness (QED) is 0.347. The van der Waals surface area contributed by atoms with Crippen LogP contribution in [0.25, 0.3) is 28.5 Å². The van der Waals surface area contributed by atoms with E-state index < -0.39 is 5.82 Å². The lowest BCUT2D eigenvalue weighted by atomic mass is 10.2. The molecule has 9 nitrogen and oxygen atoms in total. The first-order chi connectivity index (χ1) is 17.1. The van der Waals surface area contributed by atoms with Gasteiger partial charge in [-0.3, -0.25) is 9.36 Å². The molecule has 174 valence electrons. The Kier molecular flexibility index (Phi) is 6.31. The van der Waals surface area contributed by atoms with Gasteiger partial charge >= 0.3 is 0 Å². The average Bonchev–Trinajstić information content (AvgIpc) is 3.50. The van der Waals surface area contributed by atoms with Gasteiger partial charge in [0.2, 0.25) is 5.91 Å². The Morgan fingerprint density at radius 1 is 0.943 bits per heavy atom. The maximum atomic E-state index is 14.5. The first-order valence-electron chi connectivity index (χ1n) is 10.6. The molecular formula is C24H19FN8OS. The lowest BCUT2D eigenvalue weighted by Gasteiger charge is -2.11. The number of halogens is 1. The van der Waals surface area contributed by atoms with E-state index in [-0.39, 0.29) is 11.7 Å². The van der Waals surface area contributed by atoms with Crippen molar-refractivity contribution in [2.45, 2.75) is 5.16 Å². The molecule has 2 aromatic heterocycles. The Hall–Kier alpha value is -4.38. The topological polar surface area (TPSA) is 103 Å². The Morgan fingerprint density at radius 3 is 2.51 bits per heavy atom. The largest absolute Gasteiger partial charge is 0.325 e. The molecule has 0 aliphatic rings. The third-order valence-electron chi connectivity index (χ3n) is 5.12. The Labute approximate surface area is 204 Å². The number of thioether (sulfide) groups is 1. The molecule has 5 rings (SSSR count). The van der Waals surface area contributed by atoms with Gasteiger partial charge in [-0.15, -0.1) is 15.3 Å². The molecule has 5 aromatic rings. The molecule has 0 saturated heterocycles. The van der Waals surface area contributed by atoms with Gasteiger partial charge in [0.15, 0.2) is 16.8 Å². The van der Waals surface area contributed by atoms with E-state index in [0.29, 0.717) is 28.1 Å². The number of para-hydroxylation sites is 1. The van der Waals surface area contributed by atoms with Crippen LogP contribution in [0.1, 0.15) is 0 Å². The first-order valence-corrected chi connectivity index (χ1v) is 11.6. The number of hydrogen-bond donors (Lipinski definition) is 1. The minimum atomic E-state index is -0.399. The van der Waals surface area contributed by atoms with Crippen LogP contribution < -0.4 is 5.32 Å².